The number of hydrogen-bond acceptors (Lipinski definition) is 5. The van der Waals surface area contributed by atoms with Crippen LogP contribution in [0.5, 0.6) is 0 Å². The van der Waals surface area contributed by atoms with Crippen molar-refractivity contribution in [2.24, 2.45) is 11.1 Å². The average molecular weight is 582 g/mol. The van der Waals surface area contributed by atoms with E-state index >= 15 is 0 Å². The number of benzene rings is 2. The number of aryl methyl sites for hydroxylation is 1. The molecule has 10 heteroatoms. The predicted octanol–water partition coefficient (Wildman–Crippen LogP) is 3.41. The molecule has 0 spiro atoms. The average Bonchev–Trinajstić information content (AvgIpc) is 3.32. The van der Waals surface area contributed by atoms with Crippen LogP contribution in [0.1, 0.15) is 56.2 Å². The van der Waals surface area contributed by atoms with Gasteiger partial charge < -0.3 is 26.2 Å². The fourth-order valence-corrected chi connectivity index (χ4v) is 5.63. The van der Waals surface area contributed by atoms with Gasteiger partial charge in [-0.3, -0.25) is 19.2 Å². The highest BCUT2D eigenvalue weighted by molar-refractivity contribution is 6.31. The molecule has 4 amide bonds. The molecule has 2 atom stereocenters. The van der Waals surface area contributed by atoms with Crippen LogP contribution in [-0.4, -0.2) is 65.1 Å². The smallest absolute Gasteiger partial charge is 0.246 e. The summed E-state index contributed by atoms with van der Waals surface area (Å²) in [5, 5.41) is 6.26. The van der Waals surface area contributed by atoms with Gasteiger partial charge >= 0.3 is 0 Å². The van der Waals surface area contributed by atoms with Crippen LogP contribution in [-0.2, 0) is 32.1 Å². The van der Waals surface area contributed by atoms with Gasteiger partial charge in [-0.2, -0.15) is 0 Å². The van der Waals surface area contributed by atoms with E-state index in [1.165, 1.54) is 0 Å². The number of likely N-dealkylation sites (tertiary alicyclic amines) is 1. The molecule has 4 N–H and O–H groups in total. The first-order valence-electron chi connectivity index (χ1n) is 14.2. The molecule has 2 aromatic rings. The summed E-state index contributed by atoms with van der Waals surface area (Å²) in [7, 11) is 0. The molecule has 0 bridgehead atoms. The third kappa shape index (κ3) is 7.65. The lowest BCUT2D eigenvalue weighted by molar-refractivity contribution is -0.144. The van der Waals surface area contributed by atoms with Crippen molar-refractivity contribution >= 4 is 40.9 Å². The minimum absolute atomic E-state index is 0.0182. The maximum Gasteiger partial charge on any atom is 0.246 e. The minimum Gasteiger partial charge on any atom is -0.342 e. The zero-order valence-corrected chi connectivity index (χ0v) is 24.8. The summed E-state index contributed by atoms with van der Waals surface area (Å²) in [5.41, 5.74) is 9.18. The molecule has 9 nitrogen and oxygen atoms in total. The first-order valence-corrected chi connectivity index (χ1v) is 14.6. The van der Waals surface area contributed by atoms with Crippen LogP contribution in [0.3, 0.4) is 0 Å². The molecule has 1 fully saturated rings. The monoisotopic (exact) mass is 581 g/mol. The van der Waals surface area contributed by atoms with Crippen LogP contribution in [0, 0.1) is 12.3 Å². The number of nitrogens with one attached hydrogen (secondary N) is 2. The second-order valence-electron chi connectivity index (χ2n) is 11.8. The first-order chi connectivity index (χ1) is 19.5. The molecule has 220 valence electrons. The van der Waals surface area contributed by atoms with Crippen LogP contribution >= 0.6 is 11.6 Å². The highest BCUT2D eigenvalue weighted by Crippen LogP contribution is 2.30. The van der Waals surface area contributed by atoms with Crippen molar-refractivity contribution in [1.82, 2.24) is 15.1 Å². The Balaban J connectivity index is 1.46. The Kier molecular flexibility index (Phi) is 9.71. The van der Waals surface area contributed by atoms with Gasteiger partial charge in [-0.25, -0.2) is 0 Å². The Labute approximate surface area is 246 Å². The lowest BCUT2D eigenvalue weighted by Gasteiger charge is -2.37. The van der Waals surface area contributed by atoms with Crippen LogP contribution < -0.4 is 16.4 Å². The maximum atomic E-state index is 13.7. The van der Waals surface area contributed by atoms with Crippen LogP contribution in [0.4, 0.5) is 5.69 Å². The SMILES string of the molecule is Cc1cc(NC(=O)[C@H](CCN)NC(=O)[C@@H]2Cc3ccccc3CN2C(=O)CCC(=O)N2CCC(C)(C)C2)ccc1Cl. The molecule has 1 saturated heterocycles. The third-order valence-corrected chi connectivity index (χ3v) is 8.39. The van der Waals surface area contributed by atoms with E-state index in [-0.39, 0.29) is 49.6 Å². The van der Waals surface area contributed by atoms with Crippen LogP contribution in [0.25, 0.3) is 0 Å². The molecular weight excluding hydrogens is 542 g/mol. The van der Waals surface area contributed by atoms with E-state index in [4.69, 9.17) is 17.3 Å². The van der Waals surface area contributed by atoms with Gasteiger partial charge in [-0.1, -0.05) is 49.7 Å². The van der Waals surface area contributed by atoms with Crippen LogP contribution in [0.2, 0.25) is 5.02 Å². The highest BCUT2D eigenvalue weighted by atomic mass is 35.5. The third-order valence-electron chi connectivity index (χ3n) is 7.97. The quantitative estimate of drug-likeness (QED) is 0.418. The Hall–Kier alpha value is -3.43. The molecule has 4 rings (SSSR count). The summed E-state index contributed by atoms with van der Waals surface area (Å²) in [5.74, 6) is -1.14. The van der Waals surface area contributed by atoms with Gasteiger partial charge in [0.05, 0.1) is 0 Å². The Morgan fingerprint density at radius 2 is 1.78 bits per heavy atom. The van der Waals surface area contributed by atoms with E-state index in [2.05, 4.69) is 24.5 Å². The number of anilines is 1. The van der Waals surface area contributed by atoms with Crippen molar-refractivity contribution in [3.05, 3.63) is 64.2 Å². The van der Waals surface area contributed by atoms with Gasteiger partial charge in [0, 0.05) is 49.6 Å². The van der Waals surface area contributed by atoms with Gasteiger partial charge in [-0.15, -0.1) is 0 Å². The van der Waals surface area contributed by atoms with Crippen molar-refractivity contribution in [2.75, 3.05) is 25.0 Å². The molecule has 2 aromatic carbocycles. The second kappa shape index (κ2) is 13.0. The molecule has 0 aromatic heterocycles. The number of carbonyl (C=O) groups is 4. The van der Waals surface area contributed by atoms with Crippen molar-refractivity contribution < 1.29 is 19.2 Å². The van der Waals surface area contributed by atoms with Gasteiger partial charge in [0.15, 0.2) is 0 Å². The van der Waals surface area contributed by atoms with Gasteiger partial charge in [-0.05, 0) is 66.6 Å². The number of halogens is 1. The van der Waals surface area contributed by atoms with E-state index in [1.54, 1.807) is 23.1 Å². The van der Waals surface area contributed by atoms with Crippen molar-refractivity contribution in [3.8, 4) is 0 Å². The summed E-state index contributed by atoms with van der Waals surface area (Å²) in [6.45, 7) is 7.93. The summed E-state index contributed by atoms with van der Waals surface area (Å²) >= 11 is 6.10. The molecule has 0 saturated carbocycles. The Bertz CT molecular complexity index is 1310. The summed E-state index contributed by atoms with van der Waals surface area (Å²) in [4.78, 5) is 56.5. The number of amides is 4. The second-order valence-corrected chi connectivity index (χ2v) is 12.2. The van der Waals surface area contributed by atoms with Crippen molar-refractivity contribution in [2.45, 2.75) is 71.5 Å². The zero-order valence-electron chi connectivity index (χ0n) is 24.0. The number of hydrogen-bond donors (Lipinski definition) is 3. The number of fused-ring (bicyclic) bond motifs is 1. The van der Waals surface area contributed by atoms with Gasteiger partial charge in [0.25, 0.3) is 0 Å². The Morgan fingerprint density at radius 1 is 1.07 bits per heavy atom. The van der Waals surface area contributed by atoms with Gasteiger partial charge in [0.2, 0.25) is 23.6 Å². The van der Waals surface area contributed by atoms with Crippen molar-refractivity contribution in [1.29, 1.82) is 0 Å². The lowest BCUT2D eigenvalue weighted by Crippen LogP contribution is -2.56. The highest BCUT2D eigenvalue weighted by Gasteiger charge is 2.37. The summed E-state index contributed by atoms with van der Waals surface area (Å²) in [6.07, 6.45) is 1.59. The maximum absolute atomic E-state index is 13.7. The fourth-order valence-electron chi connectivity index (χ4n) is 5.52. The fraction of sp³-hybridized carbons (Fsp3) is 0.484. The lowest BCUT2D eigenvalue weighted by atomic mass is 9.92. The van der Waals surface area contributed by atoms with E-state index in [9.17, 15) is 19.2 Å². The molecule has 41 heavy (non-hydrogen) atoms. The predicted molar refractivity (Wildman–Crippen MR) is 159 cm³/mol. The first kappa shape index (κ1) is 30.5. The molecule has 2 heterocycles. The number of carbonyl (C=O) groups excluding carboxylic acids is 4. The standard InChI is InChI=1S/C31H40ClN5O4/c1-20-16-23(8-9-24(20)32)34-29(40)25(12-14-33)35-30(41)26-17-21-6-4-5-7-22(21)18-37(26)28(39)11-10-27(38)36-15-13-31(2,3)19-36/h4-9,16,25-26H,10-15,17-19,33H2,1-3H3,(H,34,40)(H,35,41)/t25-,26-/m0/s1. The summed E-state index contributed by atoms with van der Waals surface area (Å²) < 4.78 is 0. The topological polar surface area (TPSA) is 125 Å². The number of nitrogens with zero attached hydrogens (tertiary/aromatic N) is 2. The van der Waals surface area contributed by atoms with Gasteiger partial charge in [0.1, 0.15) is 12.1 Å². The van der Waals surface area contributed by atoms with E-state index in [0.717, 1.165) is 23.1 Å². The zero-order chi connectivity index (χ0) is 29.7. The molecule has 2 aliphatic rings. The van der Waals surface area contributed by atoms with E-state index < -0.39 is 23.9 Å². The van der Waals surface area contributed by atoms with E-state index in [0.29, 0.717) is 30.2 Å². The molecule has 0 aliphatic carbocycles. The number of rotatable bonds is 9. The van der Waals surface area contributed by atoms with E-state index in [1.807, 2.05) is 36.1 Å². The molecule has 0 radical (unpaired) electrons. The Morgan fingerprint density at radius 3 is 2.44 bits per heavy atom. The normalized spacial score (nSPS) is 18.4. The van der Waals surface area contributed by atoms with Crippen LogP contribution in [0.15, 0.2) is 42.5 Å². The molecule has 0 unspecified atom stereocenters. The minimum atomic E-state index is -0.891. The number of nitrogens with two attached hydrogens (primary N) is 1. The molecule has 2 aliphatic heterocycles. The summed E-state index contributed by atoms with van der Waals surface area (Å²) in [6, 6.07) is 11.1. The molecular formula is C31H40ClN5O4. The largest absolute Gasteiger partial charge is 0.342 e. The van der Waals surface area contributed by atoms with Crippen molar-refractivity contribution in [3.63, 3.8) is 0 Å².